The van der Waals surface area contributed by atoms with Gasteiger partial charge in [0.15, 0.2) is 5.69 Å². The molecule has 28 heavy (non-hydrogen) atoms. The van der Waals surface area contributed by atoms with Crippen molar-refractivity contribution in [2.24, 2.45) is 5.92 Å². The van der Waals surface area contributed by atoms with Crippen LogP contribution in [0, 0.1) is 12.8 Å². The van der Waals surface area contributed by atoms with Gasteiger partial charge in [0, 0.05) is 0 Å². The number of rotatable bonds is 6. The van der Waals surface area contributed by atoms with Gasteiger partial charge in [0.05, 0.1) is 17.8 Å². The van der Waals surface area contributed by atoms with E-state index in [1.807, 2.05) is 11.6 Å². The van der Waals surface area contributed by atoms with Crippen LogP contribution in [0.1, 0.15) is 85.8 Å². The van der Waals surface area contributed by atoms with Crippen LogP contribution in [0.25, 0.3) is 0 Å². The lowest BCUT2D eigenvalue weighted by Gasteiger charge is -2.24. The minimum Gasteiger partial charge on any atom is -0.344 e. The maximum absolute atomic E-state index is 13.0. The standard InChI is InChI=1S/C22H33N5O/c1-14(2)17-6-8-18(9-7-17)20(15(3)4)24-22(28)21-16(5)27(26-25-21)19-10-12-23-13-11-19/h6-9,14-15,19-20,23H,10-13H2,1-5H3,(H,24,28). The Kier molecular flexibility index (Phi) is 6.50. The van der Waals surface area contributed by atoms with Gasteiger partial charge in [-0.2, -0.15) is 0 Å². The van der Waals surface area contributed by atoms with Crippen LogP contribution in [-0.2, 0) is 0 Å². The maximum Gasteiger partial charge on any atom is 0.274 e. The summed E-state index contributed by atoms with van der Waals surface area (Å²) in [5, 5.41) is 15.1. The minimum atomic E-state index is -0.149. The number of benzene rings is 1. The zero-order valence-electron chi connectivity index (χ0n) is 17.7. The van der Waals surface area contributed by atoms with Crippen LogP contribution >= 0.6 is 0 Å². The first-order valence-electron chi connectivity index (χ1n) is 10.4. The summed E-state index contributed by atoms with van der Waals surface area (Å²) in [5.41, 5.74) is 3.71. The van der Waals surface area contributed by atoms with Gasteiger partial charge in [-0.3, -0.25) is 4.79 Å². The first-order chi connectivity index (χ1) is 13.4. The summed E-state index contributed by atoms with van der Waals surface area (Å²) in [5.74, 6) is 0.617. The molecular weight excluding hydrogens is 350 g/mol. The summed E-state index contributed by atoms with van der Waals surface area (Å²) in [4.78, 5) is 13.0. The van der Waals surface area contributed by atoms with Crippen LogP contribution in [0.4, 0.5) is 0 Å². The highest BCUT2D eigenvalue weighted by Crippen LogP contribution is 2.25. The lowest BCUT2D eigenvalue weighted by molar-refractivity contribution is 0.0919. The van der Waals surface area contributed by atoms with Gasteiger partial charge in [-0.25, -0.2) is 4.68 Å². The van der Waals surface area contributed by atoms with Crippen molar-refractivity contribution in [1.29, 1.82) is 0 Å². The van der Waals surface area contributed by atoms with Crippen LogP contribution in [0.15, 0.2) is 24.3 Å². The fraction of sp³-hybridized carbons (Fsp3) is 0.591. The molecule has 3 rings (SSSR count). The van der Waals surface area contributed by atoms with E-state index in [-0.39, 0.29) is 17.9 Å². The van der Waals surface area contributed by atoms with Crippen LogP contribution < -0.4 is 10.6 Å². The lowest BCUT2D eigenvalue weighted by Crippen LogP contribution is -2.33. The molecule has 1 amide bonds. The molecule has 1 aromatic heterocycles. The number of nitrogens with zero attached hydrogens (tertiary/aromatic N) is 3. The molecular formula is C22H33N5O. The van der Waals surface area contributed by atoms with Crippen molar-refractivity contribution in [1.82, 2.24) is 25.6 Å². The van der Waals surface area contributed by atoms with Crippen molar-refractivity contribution < 1.29 is 4.79 Å². The Balaban J connectivity index is 1.76. The number of nitrogens with one attached hydrogen (secondary N) is 2. The Hall–Kier alpha value is -2.21. The SMILES string of the molecule is Cc1c(C(=O)NC(c2ccc(C(C)C)cc2)C(C)C)nnn1C1CCNCC1. The smallest absolute Gasteiger partial charge is 0.274 e. The molecule has 0 radical (unpaired) electrons. The molecule has 2 heterocycles. The van der Waals surface area contributed by atoms with Crippen molar-refractivity contribution in [3.63, 3.8) is 0 Å². The quantitative estimate of drug-likeness (QED) is 0.797. The van der Waals surface area contributed by atoms with Crippen molar-refractivity contribution in [3.8, 4) is 0 Å². The molecule has 0 spiro atoms. The number of carbonyl (C=O) groups is 1. The molecule has 1 aliphatic heterocycles. The molecule has 1 aromatic carbocycles. The molecule has 6 heteroatoms. The molecule has 2 N–H and O–H groups in total. The Morgan fingerprint density at radius 1 is 1.11 bits per heavy atom. The predicted octanol–water partition coefficient (Wildman–Crippen LogP) is 3.76. The molecule has 0 bridgehead atoms. The molecule has 6 nitrogen and oxygen atoms in total. The summed E-state index contributed by atoms with van der Waals surface area (Å²) in [6.45, 7) is 12.5. The average molecular weight is 384 g/mol. The third-order valence-electron chi connectivity index (χ3n) is 5.71. The van der Waals surface area contributed by atoms with Gasteiger partial charge < -0.3 is 10.6 Å². The minimum absolute atomic E-state index is 0.0582. The molecule has 152 valence electrons. The van der Waals surface area contributed by atoms with E-state index in [2.05, 4.69) is 72.9 Å². The largest absolute Gasteiger partial charge is 0.344 e. The number of piperidine rings is 1. The van der Waals surface area contributed by atoms with E-state index in [4.69, 9.17) is 0 Å². The number of hydrogen-bond donors (Lipinski definition) is 2. The maximum atomic E-state index is 13.0. The third-order valence-corrected chi connectivity index (χ3v) is 5.71. The van der Waals surface area contributed by atoms with Crippen molar-refractivity contribution in [2.45, 2.75) is 65.5 Å². The molecule has 1 unspecified atom stereocenters. The Morgan fingerprint density at radius 3 is 2.29 bits per heavy atom. The monoisotopic (exact) mass is 383 g/mol. The predicted molar refractivity (Wildman–Crippen MR) is 111 cm³/mol. The molecule has 1 aliphatic rings. The van der Waals surface area contributed by atoms with E-state index in [1.165, 1.54) is 5.56 Å². The van der Waals surface area contributed by atoms with E-state index >= 15 is 0 Å². The van der Waals surface area contributed by atoms with Gasteiger partial charge in [0.25, 0.3) is 5.91 Å². The van der Waals surface area contributed by atoms with Gasteiger partial charge in [0.1, 0.15) is 0 Å². The average Bonchev–Trinajstić information content (AvgIpc) is 3.08. The normalized spacial score (nSPS) is 16.5. The number of carbonyl (C=O) groups excluding carboxylic acids is 1. The second-order valence-electron chi connectivity index (χ2n) is 8.47. The molecule has 1 saturated heterocycles. The topological polar surface area (TPSA) is 71.8 Å². The molecule has 2 aromatic rings. The highest BCUT2D eigenvalue weighted by molar-refractivity contribution is 5.93. The van der Waals surface area contributed by atoms with E-state index in [0.717, 1.165) is 37.2 Å². The van der Waals surface area contributed by atoms with Crippen molar-refractivity contribution in [2.75, 3.05) is 13.1 Å². The Morgan fingerprint density at radius 2 is 1.71 bits per heavy atom. The molecule has 0 saturated carbocycles. The number of aromatic nitrogens is 3. The van der Waals surface area contributed by atoms with Crippen molar-refractivity contribution >= 4 is 5.91 Å². The van der Waals surface area contributed by atoms with Gasteiger partial charge >= 0.3 is 0 Å². The van der Waals surface area contributed by atoms with Gasteiger partial charge in [-0.1, -0.05) is 57.2 Å². The molecule has 1 fully saturated rings. The van der Waals surface area contributed by atoms with Crippen LogP contribution in [0.5, 0.6) is 0 Å². The van der Waals surface area contributed by atoms with Crippen molar-refractivity contribution in [3.05, 3.63) is 46.8 Å². The highest BCUT2D eigenvalue weighted by atomic mass is 16.2. The highest BCUT2D eigenvalue weighted by Gasteiger charge is 2.25. The number of hydrogen-bond acceptors (Lipinski definition) is 4. The first kappa shape index (κ1) is 20.5. The van der Waals surface area contributed by atoms with E-state index in [0.29, 0.717) is 17.7 Å². The van der Waals surface area contributed by atoms with Gasteiger partial charge in [0.2, 0.25) is 0 Å². The number of amides is 1. The van der Waals surface area contributed by atoms with Crippen LogP contribution in [0.2, 0.25) is 0 Å². The fourth-order valence-corrected chi connectivity index (χ4v) is 3.88. The fourth-order valence-electron chi connectivity index (χ4n) is 3.88. The summed E-state index contributed by atoms with van der Waals surface area (Å²) in [6.07, 6.45) is 2.03. The summed E-state index contributed by atoms with van der Waals surface area (Å²) >= 11 is 0. The molecule has 0 aliphatic carbocycles. The van der Waals surface area contributed by atoms with Crippen LogP contribution in [-0.4, -0.2) is 34.0 Å². The van der Waals surface area contributed by atoms with E-state index in [9.17, 15) is 4.79 Å². The summed E-state index contributed by atoms with van der Waals surface area (Å²) in [7, 11) is 0. The lowest BCUT2D eigenvalue weighted by atomic mass is 9.93. The van der Waals surface area contributed by atoms with Gasteiger partial charge in [-0.05, 0) is 55.8 Å². The molecule has 1 atom stereocenters. The first-order valence-corrected chi connectivity index (χ1v) is 10.4. The zero-order chi connectivity index (χ0) is 20.3. The van der Waals surface area contributed by atoms with E-state index < -0.39 is 0 Å². The Labute approximate surface area is 168 Å². The zero-order valence-corrected chi connectivity index (χ0v) is 17.7. The van der Waals surface area contributed by atoms with Crippen LogP contribution in [0.3, 0.4) is 0 Å². The summed E-state index contributed by atoms with van der Waals surface area (Å²) in [6, 6.07) is 8.81. The second-order valence-corrected chi connectivity index (χ2v) is 8.47. The Bertz CT molecular complexity index is 788. The second kappa shape index (κ2) is 8.86. The third kappa shape index (κ3) is 4.43. The summed E-state index contributed by atoms with van der Waals surface area (Å²) < 4.78 is 1.93. The van der Waals surface area contributed by atoms with E-state index in [1.54, 1.807) is 0 Å². The van der Waals surface area contributed by atoms with Gasteiger partial charge in [-0.15, -0.1) is 5.10 Å².